The van der Waals surface area contributed by atoms with Gasteiger partial charge in [0.2, 0.25) is 10.0 Å². The summed E-state index contributed by atoms with van der Waals surface area (Å²) >= 11 is 0. The highest BCUT2D eigenvalue weighted by atomic mass is 32.2. The van der Waals surface area contributed by atoms with Crippen molar-refractivity contribution in [2.45, 2.75) is 70.0 Å². The number of hydrogen-bond acceptors (Lipinski definition) is 16. The van der Waals surface area contributed by atoms with Gasteiger partial charge < -0.3 is 43.6 Å². The van der Waals surface area contributed by atoms with E-state index < -0.39 is 79.8 Å². The van der Waals surface area contributed by atoms with Crippen molar-refractivity contribution in [2.75, 3.05) is 66.2 Å². The summed E-state index contributed by atoms with van der Waals surface area (Å²) in [5.74, 6) is -1.16. The van der Waals surface area contributed by atoms with Gasteiger partial charge in [-0.05, 0) is 74.6 Å². The number of carbonyl (C=O) groups is 3. The number of esters is 2. The molecule has 2 N–H and O–H groups in total. The van der Waals surface area contributed by atoms with Gasteiger partial charge >= 0.3 is 25.6 Å². The van der Waals surface area contributed by atoms with Crippen LogP contribution in [0, 0.1) is 11.8 Å². The standard InChI is InChI=1S/C37H53N2O16PS/c1-6-48-34(41)22-53-56(44,54-23-35(42)49-7-2)24-52-28-10-8-26(9-11-28)18-31(38-37(43)55-33-21-51-36-30(33)16-17-50-36)32(40)20-39(19-25(3)4)57(45,46)29-14-12-27(47-5)13-15-29/h8-15,25,30-33,36,40H,6-7,16-24H2,1-5H3,(H,38,43)/t30-,31-,32+,33-,36+/m0/s1. The molecule has 4 rings (SSSR count). The molecule has 2 aromatic rings. The molecule has 0 spiro atoms. The number of methoxy groups -OCH3 is 1. The number of alkyl carbamates (subject to hydrolysis) is 1. The predicted molar refractivity (Wildman–Crippen MR) is 202 cm³/mol. The van der Waals surface area contributed by atoms with Crippen molar-refractivity contribution in [2.24, 2.45) is 11.8 Å². The molecule has 0 aromatic heterocycles. The first-order valence-corrected chi connectivity index (χ1v) is 21.8. The number of aliphatic hydroxyl groups excluding tert-OH is 1. The van der Waals surface area contributed by atoms with Crippen molar-refractivity contribution in [3.8, 4) is 11.5 Å². The van der Waals surface area contributed by atoms with Gasteiger partial charge in [0.25, 0.3) is 0 Å². The lowest BCUT2D eigenvalue weighted by Crippen LogP contribution is -2.51. The summed E-state index contributed by atoms with van der Waals surface area (Å²) in [7, 11) is -6.81. The molecule has 5 atom stereocenters. The maximum Gasteiger partial charge on any atom is 0.407 e. The van der Waals surface area contributed by atoms with E-state index in [-0.39, 0.29) is 61.8 Å². The topological polar surface area (TPSA) is 221 Å². The molecule has 0 radical (unpaired) electrons. The van der Waals surface area contributed by atoms with Crippen molar-refractivity contribution in [3.63, 3.8) is 0 Å². The van der Waals surface area contributed by atoms with Crippen LogP contribution >= 0.6 is 7.60 Å². The second-order valence-corrected chi connectivity index (χ2v) is 17.5. The summed E-state index contributed by atoms with van der Waals surface area (Å²) in [6, 6.07) is 11.1. The third-order valence-corrected chi connectivity index (χ3v) is 12.1. The molecule has 0 unspecified atom stereocenters. The summed E-state index contributed by atoms with van der Waals surface area (Å²) in [5.41, 5.74) is 0.592. The van der Waals surface area contributed by atoms with Crippen LogP contribution in [0.15, 0.2) is 53.4 Å². The number of nitrogens with zero attached hydrogens (tertiary/aromatic N) is 1. The fraction of sp³-hybridized carbons (Fsp3) is 0.595. The van der Waals surface area contributed by atoms with Crippen molar-refractivity contribution in [1.29, 1.82) is 0 Å². The van der Waals surface area contributed by atoms with E-state index in [0.717, 1.165) is 0 Å². The second-order valence-electron chi connectivity index (χ2n) is 13.6. The monoisotopic (exact) mass is 844 g/mol. The number of fused-ring (bicyclic) bond motifs is 1. The summed E-state index contributed by atoms with van der Waals surface area (Å²) in [5, 5.41) is 14.4. The lowest BCUT2D eigenvalue weighted by molar-refractivity contribution is -0.146. The van der Waals surface area contributed by atoms with E-state index in [1.165, 1.54) is 47.8 Å². The van der Waals surface area contributed by atoms with Gasteiger partial charge in [0.1, 0.15) is 17.6 Å². The zero-order valence-electron chi connectivity index (χ0n) is 32.7. The van der Waals surface area contributed by atoms with Crippen LogP contribution in [0.25, 0.3) is 0 Å². The molecule has 2 fully saturated rings. The normalized spacial score (nSPS) is 19.1. The van der Waals surface area contributed by atoms with Gasteiger partial charge in [-0.2, -0.15) is 4.31 Å². The first kappa shape index (κ1) is 45.9. The summed E-state index contributed by atoms with van der Waals surface area (Å²) in [6.45, 7) is 5.92. The van der Waals surface area contributed by atoms with Gasteiger partial charge in [0.05, 0.1) is 56.5 Å². The van der Waals surface area contributed by atoms with Crippen LogP contribution in [0.3, 0.4) is 0 Å². The fourth-order valence-corrected chi connectivity index (χ4v) is 8.77. The Kier molecular flexibility index (Phi) is 17.6. The van der Waals surface area contributed by atoms with E-state index in [1.807, 2.05) is 13.8 Å². The van der Waals surface area contributed by atoms with Gasteiger partial charge in [0.15, 0.2) is 25.9 Å². The summed E-state index contributed by atoms with van der Waals surface area (Å²) in [6.07, 6.45) is -3.27. The van der Waals surface area contributed by atoms with Crippen LogP contribution in [0.4, 0.5) is 4.79 Å². The van der Waals surface area contributed by atoms with Crippen molar-refractivity contribution in [3.05, 3.63) is 54.1 Å². The molecule has 2 saturated heterocycles. The number of nitrogens with one attached hydrogen (secondary N) is 1. The molecule has 2 aliphatic rings. The van der Waals surface area contributed by atoms with E-state index in [0.29, 0.717) is 24.3 Å². The molecule has 1 amide bonds. The van der Waals surface area contributed by atoms with E-state index in [2.05, 4.69) is 5.32 Å². The molecule has 0 saturated carbocycles. The van der Waals surface area contributed by atoms with E-state index in [9.17, 15) is 32.5 Å². The number of rotatable bonds is 23. The molecule has 0 bridgehead atoms. The lowest BCUT2D eigenvalue weighted by atomic mass is 10.0. The third-order valence-electron chi connectivity index (χ3n) is 8.81. The molecule has 0 aliphatic carbocycles. The van der Waals surface area contributed by atoms with E-state index in [4.69, 9.17) is 42.2 Å². The summed E-state index contributed by atoms with van der Waals surface area (Å²) in [4.78, 5) is 37.0. The molecule has 2 aliphatic heterocycles. The molecular formula is C37H53N2O16PS. The van der Waals surface area contributed by atoms with Crippen LogP contribution in [0.2, 0.25) is 0 Å². The van der Waals surface area contributed by atoms with Crippen LogP contribution in [0.1, 0.15) is 39.7 Å². The van der Waals surface area contributed by atoms with Gasteiger partial charge in [0, 0.05) is 13.1 Å². The largest absolute Gasteiger partial charge is 0.497 e. The minimum atomic E-state index is -4.18. The average molecular weight is 845 g/mol. The van der Waals surface area contributed by atoms with Gasteiger partial charge in [-0.3, -0.25) is 13.6 Å². The number of aliphatic hydroxyl groups is 1. The maximum atomic E-state index is 13.9. The molecule has 2 aromatic carbocycles. The zero-order chi connectivity index (χ0) is 41.6. The van der Waals surface area contributed by atoms with Gasteiger partial charge in [-0.15, -0.1) is 0 Å². The maximum absolute atomic E-state index is 13.9. The molecule has 18 nitrogen and oxygen atoms in total. The number of carbonyl (C=O) groups excluding carboxylic acids is 3. The molecule has 2 heterocycles. The number of hydrogen-bond donors (Lipinski definition) is 2. The molecule has 318 valence electrons. The molecule has 57 heavy (non-hydrogen) atoms. The van der Waals surface area contributed by atoms with E-state index >= 15 is 0 Å². The SMILES string of the molecule is CCOC(=O)COP(=O)(COc1ccc(C[C@H](NC(=O)O[C@H]2CO[C@H]3OCC[C@H]32)[C@H](O)CN(CC(C)C)S(=O)(=O)c2ccc(OC)cc2)cc1)OCC(=O)OCC. The zero-order valence-corrected chi connectivity index (χ0v) is 34.4. The highest BCUT2D eigenvalue weighted by molar-refractivity contribution is 7.89. The van der Waals surface area contributed by atoms with Crippen LogP contribution in [0.5, 0.6) is 11.5 Å². The Labute approximate surface area is 332 Å². The number of amides is 1. The van der Waals surface area contributed by atoms with Gasteiger partial charge in [-0.1, -0.05) is 26.0 Å². The van der Waals surface area contributed by atoms with Crippen molar-refractivity contribution >= 4 is 35.7 Å². The Hall–Kier alpha value is -3.81. The smallest absolute Gasteiger partial charge is 0.407 e. The number of ether oxygens (including phenoxy) is 7. The Bertz CT molecular complexity index is 1740. The fourth-order valence-electron chi connectivity index (χ4n) is 6.01. The Balaban J connectivity index is 1.50. The van der Waals surface area contributed by atoms with E-state index in [1.54, 1.807) is 26.0 Å². The molecule has 20 heteroatoms. The highest BCUT2D eigenvalue weighted by Gasteiger charge is 2.44. The first-order chi connectivity index (χ1) is 27.2. The Morgan fingerprint density at radius 3 is 2.12 bits per heavy atom. The van der Waals surface area contributed by atoms with Crippen molar-refractivity contribution < 1.29 is 74.7 Å². The van der Waals surface area contributed by atoms with Crippen molar-refractivity contribution in [1.82, 2.24) is 9.62 Å². The van der Waals surface area contributed by atoms with Crippen LogP contribution in [-0.2, 0) is 63.3 Å². The third kappa shape index (κ3) is 13.9. The quantitative estimate of drug-likeness (QED) is 0.0929. The predicted octanol–water partition coefficient (Wildman–Crippen LogP) is 3.49. The minimum absolute atomic E-state index is 0.00681. The van der Waals surface area contributed by atoms with Crippen LogP contribution in [-0.4, -0.2) is 127 Å². The summed E-state index contributed by atoms with van der Waals surface area (Å²) < 4.78 is 90.0. The van der Waals surface area contributed by atoms with Crippen LogP contribution < -0.4 is 14.8 Å². The molecular weight excluding hydrogens is 791 g/mol. The number of sulfonamides is 1. The average Bonchev–Trinajstić information content (AvgIpc) is 3.81. The van der Waals surface area contributed by atoms with Gasteiger partial charge in [-0.25, -0.2) is 22.8 Å². The lowest BCUT2D eigenvalue weighted by Gasteiger charge is -2.31. The Morgan fingerprint density at radius 2 is 1.54 bits per heavy atom. The number of benzene rings is 2. The second kappa shape index (κ2) is 21.8. The highest BCUT2D eigenvalue weighted by Crippen LogP contribution is 2.48. The Morgan fingerprint density at radius 1 is 0.930 bits per heavy atom. The first-order valence-electron chi connectivity index (χ1n) is 18.6. The minimum Gasteiger partial charge on any atom is -0.497 e.